The summed E-state index contributed by atoms with van der Waals surface area (Å²) in [5.74, 6) is -0.0807. The first-order chi connectivity index (χ1) is 10.1. The van der Waals surface area contributed by atoms with Crippen molar-refractivity contribution in [1.29, 1.82) is 0 Å². The van der Waals surface area contributed by atoms with E-state index in [2.05, 4.69) is 17.2 Å². The highest BCUT2D eigenvalue weighted by molar-refractivity contribution is 8.00. The molecule has 1 aliphatic heterocycles. The molecule has 1 fully saturated rings. The SMILES string of the molecule is CCC1CN(C(=O)NCc2ccc(C(=O)O)nc2)CCS1. The Morgan fingerprint density at radius 3 is 2.95 bits per heavy atom. The molecule has 1 aliphatic rings. The quantitative estimate of drug-likeness (QED) is 0.886. The van der Waals surface area contributed by atoms with E-state index < -0.39 is 5.97 Å². The molecule has 2 rings (SSSR count). The van der Waals surface area contributed by atoms with E-state index in [4.69, 9.17) is 5.11 Å². The molecule has 1 saturated heterocycles. The van der Waals surface area contributed by atoms with Crippen molar-refractivity contribution in [3.8, 4) is 0 Å². The number of hydrogen-bond acceptors (Lipinski definition) is 4. The number of carbonyl (C=O) groups excluding carboxylic acids is 1. The number of rotatable bonds is 4. The smallest absolute Gasteiger partial charge is 0.354 e. The third-order valence-electron chi connectivity index (χ3n) is 3.37. The molecule has 0 saturated carbocycles. The summed E-state index contributed by atoms with van der Waals surface area (Å²) in [6.07, 6.45) is 2.54. The van der Waals surface area contributed by atoms with Crippen LogP contribution in [0.25, 0.3) is 0 Å². The predicted octanol–water partition coefficient (Wildman–Crippen LogP) is 1.82. The minimum atomic E-state index is -1.05. The number of carbonyl (C=O) groups is 2. The van der Waals surface area contributed by atoms with Gasteiger partial charge in [0.15, 0.2) is 0 Å². The lowest BCUT2D eigenvalue weighted by atomic mass is 10.2. The maximum Gasteiger partial charge on any atom is 0.354 e. The standard InChI is InChI=1S/C14H19N3O3S/c1-2-11-9-17(5-6-21-11)14(20)16-8-10-3-4-12(13(18)19)15-7-10/h3-4,7,11H,2,5-6,8-9H2,1H3,(H,16,20)(H,18,19). The van der Waals surface area contributed by atoms with Crippen LogP contribution >= 0.6 is 11.8 Å². The van der Waals surface area contributed by atoms with Crippen molar-refractivity contribution in [3.05, 3.63) is 29.6 Å². The van der Waals surface area contributed by atoms with Crippen LogP contribution in [0.3, 0.4) is 0 Å². The molecular weight excluding hydrogens is 290 g/mol. The van der Waals surface area contributed by atoms with E-state index in [0.29, 0.717) is 11.8 Å². The summed E-state index contributed by atoms with van der Waals surface area (Å²) in [6, 6.07) is 3.03. The molecule has 7 heteroatoms. The molecule has 21 heavy (non-hydrogen) atoms. The van der Waals surface area contributed by atoms with Gasteiger partial charge in [-0.1, -0.05) is 13.0 Å². The second kappa shape index (κ2) is 7.31. The van der Waals surface area contributed by atoms with Crippen molar-refractivity contribution in [2.75, 3.05) is 18.8 Å². The van der Waals surface area contributed by atoms with Gasteiger partial charge in [-0.25, -0.2) is 14.6 Å². The van der Waals surface area contributed by atoms with Crippen molar-refractivity contribution in [2.45, 2.75) is 25.1 Å². The Kier molecular flexibility index (Phi) is 5.44. The Bertz CT molecular complexity index is 507. The number of nitrogens with one attached hydrogen (secondary N) is 1. The highest BCUT2D eigenvalue weighted by Crippen LogP contribution is 2.20. The number of carboxylic acid groups (broad SMARTS) is 1. The fourth-order valence-electron chi connectivity index (χ4n) is 2.10. The van der Waals surface area contributed by atoms with E-state index in [1.54, 1.807) is 6.07 Å². The van der Waals surface area contributed by atoms with Crippen LogP contribution in [0.4, 0.5) is 4.79 Å². The first kappa shape index (κ1) is 15.6. The third kappa shape index (κ3) is 4.35. The Hall–Kier alpha value is -1.76. The van der Waals surface area contributed by atoms with Gasteiger partial charge in [-0.2, -0.15) is 11.8 Å². The molecule has 0 aromatic carbocycles. The van der Waals surface area contributed by atoms with Crippen molar-refractivity contribution >= 4 is 23.8 Å². The molecule has 114 valence electrons. The maximum absolute atomic E-state index is 12.1. The number of aromatic nitrogens is 1. The average molecular weight is 309 g/mol. The molecule has 6 nitrogen and oxygen atoms in total. The van der Waals surface area contributed by atoms with E-state index in [0.717, 1.165) is 30.8 Å². The number of thioether (sulfide) groups is 1. The largest absolute Gasteiger partial charge is 0.477 e. The van der Waals surface area contributed by atoms with E-state index in [9.17, 15) is 9.59 Å². The Morgan fingerprint density at radius 2 is 2.33 bits per heavy atom. The van der Waals surface area contributed by atoms with Crippen molar-refractivity contribution in [1.82, 2.24) is 15.2 Å². The molecule has 0 bridgehead atoms. The Labute approximate surface area is 127 Å². The number of nitrogens with zero attached hydrogens (tertiary/aromatic N) is 2. The van der Waals surface area contributed by atoms with E-state index >= 15 is 0 Å². The van der Waals surface area contributed by atoms with Gasteiger partial charge in [0.1, 0.15) is 5.69 Å². The van der Waals surface area contributed by atoms with Crippen LogP contribution in [0.1, 0.15) is 29.4 Å². The van der Waals surface area contributed by atoms with E-state index in [-0.39, 0.29) is 11.7 Å². The number of pyridine rings is 1. The van der Waals surface area contributed by atoms with Crippen LogP contribution in [0.15, 0.2) is 18.3 Å². The molecule has 1 aromatic heterocycles. The summed E-state index contributed by atoms with van der Waals surface area (Å²) in [7, 11) is 0. The molecule has 2 N–H and O–H groups in total. The second-order valence-corrected chi connectivity index (χ2v) is 6.27. The first-order valence-electron chi connectivity index (χ1n) is 6.92. The summed E-state index contributed by atoms with van der Waals surface area (Å²) in [5, 5.41) is 12.1. The van der Waals surface area contributed by atoms with Gasteiger partial charge >= 0.3 is 12.0 Å². The lowest BCUT2D eigenvalue weighted by Crippen LogP contribution is -2.46. The zero-order chi connectivity index (χ0) is 15.2. The van der Waals surface area contributed by atoms with Crippen LogP contribution in [-0.2, 0) is 6.54 Å². The normalized spacial score (nSPS) is 18.3. The van der Waals surface area contributed by atoms with Gasteiger partial charge in [-0.3, -0.25) is 0 Å². The zero-order valence-corrected chi connectivity index (χ0v) is 12.7. The minimum absolute atomic E-state index is 0.00363. The van der Waals surface area contributed by atoms with Crippen LogP contribution in [0.2, 0.25) is 0 Å². The summed E-state index contributed by atoms with van der Waals surface area (Å²) in [6.45, 7) is 4.04. The molecule has 0 spiro atoms. The monoisotopic (exact) mass is 309 g/mol. The van der Waals surface area contributed by atoms with Crippen LogP contribution in [0, 0.1) is 0 Å². The Balaban J connectivity index is 1.84. The first-order valence-corrected chi connectivity index (χ1v) is 7.97. The number of aromatic carboxylic acids is 1. The third-order valence-corrected chi connectivity index (χ3v) is 4.74. The predicted molar refractivity (Wildman–Crippen MR) is 81.5 cm³/mol. The van der Waals surface area contributed by atoms with Gasteiger partial charge in [0.05, 0.1) is 0 Å². The van der Waals surface area contributed by atoms with Crippen LogP contribution < -0.4 is 5.32 Å². The van der Waals surface area contributed by atoms with Gasteiger partial charge < -0.3 is 15.3 Å². The van der Waals surface area contributed by atoms with Crippen LogP contribution in [0.5, 0.6) is 0 Å². The summed E-state index contributed by atoms with van der Waals surface area (Å²) in [5.41, 5.74) is 0.788. The van der Waals surface area contributed by atoms with Crippen LogP contribution in [-0.4, -0.2) is 51.1 Å². The van der Waals surface area contributed by atoms with Gasteiger partial charge in [0.25, 0.3) is 0 Å². The van der Waals surface area contributed by atoms with Gasteiger partial charge in [0.2, 0.25) is 0 Å². The topological polar surface area (TPSA) is 82.5 Å². The lowest BCUT2D eigenvalue weighted by molar-refractivity contribution is 0.0690. The Morgan fingerprint density at radius 1 is 1.52 bits per heavy atom. The molecule has 0 aliphatic carbocycles. The molecule has 1 unspecified atom stereocenters. The molecule has 1 atom stereocenters. The van der Waals surface area contributed by atoms with Gasteiger partial charge in [-0.05, 0) is 18.1 Å². The summed E-state index contributed by atoms with van der Waals surface area (Å²) >= 11 is 1.92. The second-order valence-electron chi connectivity index (χ2n) is 4.86. The summed E-state index contributed by atoms with van der Waals surface area (Å²) in [4.78, 5) is 28.5. The molecular formula is C14H19N3O3S. The molecule has 2 heterocycles. The fourth-order valence-corrected chi connectivity index (χ4v) is 3.28. The van der Waals surface area contributed by atoms with Crippen molar-refractivity contribution < 1.29 is 14.7 Å². The van der Waals surface area contributed by atoms with Gasteiger partial charge in [-0.15, -0.1) is 0 Å². The van der Waals surface area contributed by atoms with Gasteiger partial charge in [0, 0.05) is 36.8 Å². The summed E-state index contributed by atoms with van der Waals surface area (Å²) < 4.78 is 0. The maximum atomic E-state index is 12.1. The van der Waals surface area contributed by atoms with Crippen molar-refractivity contribution in [2.24, 2.45) is 0 Å². The highest BCUT2D eigenvalue weighted by Gasteiger charge is 2.22. The number of amides is 2. The van der Waals surface area contributed by atoms with E-state index in [1.165, 1.54) is 12.3 Å². The molecule has 1 aromatic rings. The fraction of sp³-hybridized carbons (Fsp3) is 0.500. The number of hydrogen-bond donors (Lipinski definition) is 2. The number of carboxylic acids is 1. The number of urea groups is 1. The zero-order valence-electron chi connectivity index (χ0n) is 11.9. The molecule has 0 radical (unpaired) electrons. The minimum Gasteiger partial charge on any atom is -0.477 e. The highest BCUT2D eigenvalue weighted by atomic mass is 32.2. The van der Waals surface area contributed by atoms with Crippen molar-refractivity contribution in [3.63, 3.8) is 0 Å². The lowest BCUT2D eigenvalue weighted by Gasteiger charge is -2.31. The average Bonchev–Trinajstić information content (AvgIpc) is 2.53. The molecule has 2 amide bonds. The van der Waals surface area contributed by atoms with E-state index in [1.807, 2.05) is 16.7 Å².